The summed E-state index contributed by atoms with van der Waals surface area (Å²) in [4.78, 5) is 14.3. The van der Waals surface area contributed by atoms with Crippen molar-refractivity contribution >= 4 is 27.5 Å². The smallest absolute Gasteiger partial charge is 0.238 e. The van der Waals surface area contributed by atoms with Crippen LogP contribution in [0.1, 0.15) is 18.9 Å². The fraction of sp³-hybridized carbons (Fsp3) is 0.533. The Balaban J connectivity index is 1.90. The first-order chi connectivity index (χ1) is 9.42. The molecular weight excluding hydrogens is 318 g/mol. The maximum absolute atomic E-state index is 12.1. The van der Waals surface area contributed by atoms with Gasteiger partial charge in [0, 0.05) is 11.0 Å². The summed E-state index contributed by atoms with van der Waals surface area (Å²) in [6.45, 7) is 7.14. The van der Waals surface area contributed by atoms with Gasteiger partial charge in [0.15, 0.2) is 0 Å². The van der Waals surface area contributed by atoms with E-state index < -0.39 is 0 Å². The molecule has 0 spiro atoms. The number of hydrogen-bond acceptors (Lipinski definition) is 3. The molecule has 1 atom stereocenters. The molecule has 1 fully saturated rings. The Morgan fingerprint density at radius 3 is 2.90 bits per heavy atom. The Morgan fingerprint density at radius 1 is 1.55 bits per heavy atom. The quantitative estimate of drug-likeness (QED) is 0.885. The van der Waals surface area contributed by atoms with Gasteiger partial charge in [0.1, 0.15) is 0 Å². The van der Waals surface area contributed by atoms with Crippen LogP contribution in [0.2, 0.25) is 0 Å². The van der Waals surface area contributed by atoms with Crippen molar-refractivity contribution in [2.75, 3.05) is 31.5 Å². The number of carbonyl (C=O) groups is 1. The third-order valence-electron chi connectivity index (χ3n) is 3.90. The van der Waals surface area contributed by atoms with E-state index in [4.69, 9.17) is 5.73 Å². The van der Waals surface area contributed by atoms with E-state index in [9.17, 15) is 4.79 Å². The van der Waals surface area contributed by atoms with E-state index in [1.807, 2.05) is 25.1 Å². The van der Waals surface area contributed by atoms with E-state index in [0.29, 0.717) is 13.1 Å². The van der Waals surface area contributed by atoms with Crippen LogP contribution in [-0.4, -0.2) is 37.0 Å². The van der Waals surface area contributed by atoms with Crippen molar-refractivity contribution in [1.82, 2.24) is 4.90 Å². The first-order valence-corrected chi connectivity index (χ1v) is 7.70. The molecule has 1 aliphatic heterocycles. The van der Waals surface area contributed by atoms with Crippen LogP contribution in [0.5, 0.6) is 0 Å². The Bertz CT molecular complexity index is 506. The highest BCUT2D eigenvalue weighted by atomic mass is 79.9. The lowest BCUT2D eigenvalue weighted by atomic mass is 9.90. The third-order valence-corrected chi connectivity index (χ3v) is 4.55. The minimum atomic E-state index is 0.0239. The van der Waals surface area contributed by atoms with E-state index in [0.717, 1.165) is 35.2 Å². The lowest BCUT2D eigenvalue weighted by Gasteiger charge is -2.22. The van der Waals surface area contributed by atoms with E-state index in [1.165, 1.54) is 0 Å². The van der Waals surface area contributed by atoms with E-state index in [-0.39, 0.29) is 11.3 Å². The van der Waals surface area contributed by atoms with Crippen molar-refractivity contribution < 1.29 is 4.79 Å². The molecule has 0 aliphatic carbocycles. The van der Waals surface area contributed by atoms with Gasteiger partial charge in [-0.15, -0.1) is 0 Å². The van der Waals surface area contributed by atoms with Crippen LogP contribution in [-0.2, 0) is 4.79 Å². The number of benzene rings is 1. The topological polar surface area (TPSA) is 58.4 Å². The summed E-state index contributed by atoms with van der Waals surface area (Å²) in [6.07, 6.45) is 1.06. The fourth-order valence-corrected chi connectivity index (χ4v) is 3.13. The highest BCUT2D eigenvalue weighted by Crippen LogP contribution is 2.28. The summed E-state index contributed by atoms with van der Waals surface area (Å²) in [7, 11) is 0. The van der Waals surface area contributed by atoms with Gasteiger partial charge in [-0.05, 0) is 65.5 Å². The molecule has 0 radical (unpaired) electrons. The average Bonchev–Trinajstić information content (AvgIpc) is 2.75. The number of hydrogen-bond donors (Lipinski definition) is 2. The molecule has 1 saturated heterocycles. The number of aryl methyl sites for hydroxylation is 1. The molecular formula is C15H22BrN3O. The van der Waals surface area contributed by atoms with Crippen LogP contribution >= 0.6 is 15.9 Å². The van der Waals surface area contributed by atoms with Crippen LogP contribution in [0, 0.1) is 12.3 Å². The third kappa shape index (κ3) is 3.81. The van der Waals surface area contributed by atoms with Crippen molar-refractivity contribution in [3.05, 3.63) is 28.2 Å². The van der Waals surface area contributed by atoms with E-state index in [1.54, 1.807) is 0 Å². The summed E-state index contributed by atoms with van der Waals surface area (Å²) >= 11 is 3.47. The number of nitrogens with zero attached hydrogens (tertiary/aromatic N) is 1. The number of likely N-dealkylation sites (tertiary alicyclic amines) is 1. The second-order valence-electron chi connectivity index (χ2n) is 6.01. The van der Waals surface area contributed by atoms with Crippen molar-refractivity contribution in [2.24, 2.45) is 11.1 Å². The second-order valence-corrected chi connectivity index (χ2v) is 6.86. The number of amides is 1. The summed E-state index contributed by atoms with van der Waals surface area (Å²) < 4.78 is 0.916. The van der Waals surface area contributed by atoms with Gasteiger partial charge in [0.25, 0.3) is 0 Å². The Kier molecular flexibility index (Phi) is 4.83. The molecule has 1 amide bonds. The van der Waals surface area contributed by atoms with Gasteiger partial charge in [0.05, 0.1) is 12.2 Å². The highest BCUT2D eigenvalue weighted by molar-refractivity contribution is 9.10. The number of nitrogens with one attached hydrogen (secondary N) is 1. The monoisotopic (exact) mass is 339 g/mol. The van der Waals surface area contributed by atoms with E-state index >= 15 is 0 Å². The predicted molar refractivity (Wildman–Crippen MR) is 85.7 cm³/mol. The molecule has 2 rings (SSSR count). The summed E-state index contributed by atoms with van der Waals surface area (Å²) in [5.74, 6) is 0.0239. The van der Waals surface area contributed by atoms with Crippen molar-refractivity contribution in [3.8, 4) is 0 Å². The van der Waals surface area contributed by atoms with Gasteiger partial charge in [-0.25, -0.2) is 0 Å². The lowest BCUT2D eigenvalue weighted by molar-refractivity contribution is -0.117. The molecule has 0 bridgehead atoms. The van der Waals surface area contributed by atoms with Crippen molar-refractivity contribution in [1.29, 1.82) is 0 Å². The molecule has 3 N–H and O–H groups in total. The summed E-state index contributed by atoms with van der Waals surface area (Å²) in [5.41, 5.74) is 7.92. The maximum Gasteiger partial charge on any atom is 0.238 e. The first-order valence-electron chi connectivity index (χ1n) is 6.90. The normalized spacial score (nSPS) is 23.0. The standard InChI is InChI=1S/C15H22BrN3O/c1-11-3-4-13(12(16)7-11)18-14(20)8-19-6-5-15(2,9-17)10-19/h3-4,7H,5-6,8-10,17H2,1-2H3,(H,18,20). The van der Waals surface area contributed by atoms with E-state index in [2.05, 4.69) is 33.1 Å². The molecule has 110 valence electrons. The minimum Gasteiger partial charge on any atom is -0.330 e. The maximum atomic E-state index is 12.1. The highest BCUT2D eigenvalue weighted by Gasteiger charge is 2.33. The zero-order valence-corrected chi connectivity index (χ0v) is 13.7. The molecule has 0 aromatic heterocycles. The predicted octanol–water partition coefficient (Wildman–Crippen LogP) is 2.37. The number of rotatable bonds is 4. The van der Waals surface area contributed by atoms with Gasteiger partial charge < -0.3 is 11.1 Å². The van der Waals surface area contributed by atoms with Crippen molar-refractivity contribution in [3.63, 3.8) is 0 Å². The zero-order chi connectivity index (χ0) is 14.8. The Morgan fingerprint density at radius 2 is 2.30 bits per heavy atom. The Labute approximate surface area is 128 Å². The number of anilines is 1. The van der Waals surface area contributed by atoms with Crippen LogP contribution in [0.15, 0.2) is 22.7 Å². The number of nitrogens with two attached hydrogens (primary N) is 1. The largest absolute Gasteiger partial charge is 0.330 e. The number of carbonyl (C=O) groups excluding carboxylic acids is 1. The van der Waals surface area contributed by atoms with Gasteiger partial charge in [-0.2, -0.15) is 0 Å². The summed E-state index contributed by atoms with van der Waals surface area (Å²) in [5, 5.41) is 2.95. The Hall–Kier alpha value is -0.910. The van der Waals surface area contributed by atoms with Crippen LogP contribution in [0.25, 0.3) is 0 Å². The first kappa shape index (κ1) is 15.5. The fourth-order valence-electron chi connectivity index (χ4n) is 2.54. The molecule has 1 heterocycles. The van der Waals surface area contributed by atoms with Crippen molar-refractivity contribution in [2.45, 2.75) is 20.3 Å². The van der Waals surface area contributed by atoms with Crippen LogP contribution in [0.3, 0.4) is 0 Å². The van der Waals surface area contributed by atoms with Gasteiger partial charge in [-0.1, -0.05) is 13.0 Å². The van der Waals surface area contributed by atoms with Crippen LogP contribution in [0.4, 0.5) is 5.69 Å². The van der Waals surface area contributed by atoms with Gasteiger partial charge >= 0.3 is 0 Å². The SMILES string of the molecule is Cc1ccc(NC(=O)CN2CCC(C)(CN)C2)c(Br)c1. The molecule has 1 aliphatic rings. The van der Waals surface area contributed by atoms with Crippen LogP contribution < -0.4 is 11.1 Å². The molecule has 0 saturated carbocycles. The lowest BCUT2D eigenvalue weighted by Crippen LogP contribution is -2.35. The molecule has 1 unspecified atom stereocenters. The van der Waals surface area contributed by atoms with Gasteiger partial charge in [-0.3, -0.25) is 9.69 Å². The molecule has 5 heteroatoms. The summed E-state index contributed by atoms with van der Waals surface area (Å²) in [6, 6.07) is 5.91. The zero-order valence-electron chi connectivity index (χ0n) is 12.1. The molecule has 20 heavy (non-hydrogen) atoms. The minimum absolute atomic E-state index is 0.0239. The average molecular weight is 340 g/mol. The second kappa shape index (κ2) is 6.24. The van der Waals surface area contributed by atoms with Gasteiger partial charge in [0.2, 0.25) is 5.91 Å². The molecule has 4 nitrogen and oxygen atoms in total. The molecule has 1 aromatic rings. The molecule has 1 aromatic carbocycles. The number of halogens is 1.